The van der Waals surface area contributed by atoms with Gasteiger partial charge >= 0.3 is 6.18 Å². The molecule has 27 heavy (non-hydrogen) atoms. The molecule has 0 aliphatic heterocycles. The largest absolute Gasteiger partial charge is 0.417 e. The maximum absolute atomic E-state index is 12.5. The zero-order chi connectivity index (χ0) is 19.0. The maximum atomic E-state index is 12.5. The minimum Gasteiger partial charge on any atom is -0.370 e. The van der Waals surface area contributed by atoms with Crippen molar-refractivity contribution in [2.75, 3.05) is 25.5 Å². The second-order valence-corrected chi connectivity index (χ2v) is 6.59. The van der Waals surface area contributed by atoms with Crippen molar-refractivity contribution in [3.63, 3.8) is 0 Å². The number of rotatable bonds is 7. The number of halogens is 4. The SMILES string of the molecule is CN=C(NCCCNc1ccc(C(F)(F)F)cn1)NCc1sccc1C.I. The molecule has 10 heteroatoms. The zero-order valence-corrected chi connectivity index (χ0v) is 18.2. The molecule has 2 rings (SSSR count). The van der Waals surface area contributed by atoms with Crippen molar-refractivity contribution in [1.82, 2.24) is 15.6 Å². The molecule has 0 atom stereocenters. The van der Waals surface area contributed by atoms with E-state index in [1.165, 1.54) is 16.5 Å². The van der Waals surface area contributed by atoms with Gasteiger partial charge in [-0.3, -0.25) is 4.99 Å². The van der Waals surface area contributed by atoms with Crippen molar-refractivity contribution >= 4 is 47.1 Å². The van der Waals surface area contributed by atoms with Crippen LogP contribution in [0.5, 0.6) is 0 Å². The number of nitrogens with zero attached hydrogens (tertiary/aromatic N) is 2. The van der Waals surface area contributed by atoms with Crippen LogP contribution >= 0.6 is 35.3 Å². The Kier molecular flexibility index (Phi) is 9.84. The highest BCUT2D eigenvalue weighted by Crippen LogP contribution is 2.28. The van der Waals surface area contributed by atoms with E-state index in [1.54, 1.807) is 18.4 Å². The van der Waals surface area contributed by atoms with Gasteiger partial charge in [-0.05, 0) is 42.5 Å². The number of alkyl halides is 3. The molecule has 0 fully saturated rings. The number of thiophene rings is 1. The van der Waals surface area contributed by atoms with E-state index in [0.29, 0.717) is 24.9 Å². The number of hydrogen-bond acceptors (Lipinski definition) is 4. The summed E-state index contributed by atoms with van der Waals surface area (Å²) >= 11 is 1.70. The second kappa shape index (κ2) is 11.3. The van der Waals surface area contributed by atoms with Gasteiger partial charge in [0.05, 0.1) is 12.1 Å². The van der Waals surface area contributed by atoms with Gasteiger partial charge in [-0.15, -0.1) is 35.3 Å². The van der Waals surface area contributed by atoms with E-state index < -0.39 is 11.7 Å². The number of aryl methyl sites for hydroxylation is 1. The Balaban J connectivity index is 0.00000364. The summed E-state index contributed by atoms with van der Waals surface area (Å²) < 4.78 is 37.4. The van der Waals surface area contributed by atoms with Crippen LogP contribution in [0.25, 0.3) is 0 Å². The molecule has 0 bridgehead atoms. The van der Waals surface area contributed by atoms with Gasteiger partial charge in [0.25, 0.3) is 0 Å². The number of aromatic nitrogens is 1. The summed E-state index contributed by atoms with van der Waals surface area (Å²) in [5, 5.41) is 11.5. The van der Waals surface area contributed by atoms with Gasteiger partial charge in [-0.2, -0.15) is 13.2 Å². The fourth-order valence-electron chi connectivity index (χ4n) is 2.15. The van der Waals surface area contributed by atoms with Crippen LogP contribution in [0.15, 0.2) is 34.8 Å². The smallest absolute Gasteiger partial charge is 0.370 e. The fraction of sp³-hybridized carbons (Fsp3) is 0.412. The molecule has 0 amide bonds. The third-order valence-corrected chi connectivity index (χ3v) is 4.67. The van der Waals surface area contributed by atoms with Gasteiger partial charge < -0.3 is 16.0 Å². The highest BCUT2D eigenvalue weighted by atomic mass is 127. The molecule has 2 aromatic heterocycles. The lowest BCUT2D eigenvalue weighted by Gasteiger charge is -2.12. The number of anilines is 1. The van der Waals surface area contributed by atoms with Crippen molar-refractivity contribution < 1.29 is 13.2 Å². The van der Waals surface area contributed by atoms with E-state index in [9.17, 15) is 13.2 Å². The first-order chi connectivity index (χ1) is 12.4. The summed E-state index contributed by atoms with van der Waals surface area (Å²) in [6.07, 6.45) is -2.76. The molecule has 0 unspecified atom stereocenters. The topological polar surface area (TPSA) is 61.3 Å². The molecule has 0 radical (unpaired) electrons. The van der Waals surface area contributed by atoms with E-state index in [4.69, 9.17) is 0 Å². The van der Waals surface area contributed by atoms with Gasteiger partial charge in [-0.25, -0.2) is 4.98 Å². The summed E-state index contributed by atoms with van der Waals surface area (Å²) in [4.78, 5) is 9.21. The first-order valence-electron chi connectivity index (χ1n) is 8.14. The Bertz CT molecular complexity index is 716. The first kappa shape index (κ1) is 23.5. The summed E-state index contributed by atoms with van der Waals surface area (Å²) in [6.45, 7) is 4.06. The van der Waals surface area contributed by atoms with Gasteiger partial charge in [0.2, 0.25) is 0 Å². The number of aliphatic imine (C=N–C) groups is 1. The minimum absolute atomic E-state index is 0. The fourth-order valence-corrected chi connectivity index (χ4v) is 2.99. The average Bonchev–Trinajstić information content (AvgIpc) is 3.02. The van der Waals surface area contributed by atoms with Crippen LogP contribution in [0.4, 0.5) is 19.0 Å². The second-order valence-electron chi connectivity index (χ2n) is 5.59. The van der Waals surface area contributed by atoms with Crippen molar-refractivity contribution in [2.45, 2.75) is 26.1 Å². The molecular weight excluding hydrogens is 490 g/mol. The third-order valence-electron chi connectivity index (χ3n) is 3.65. The minimum atomic E-state index is -4.36. The Labute approximate surface area is 177 Å². The van der Waals surface area contributed by atoms with Gasteiger partial charge in [0.1, 0.15) is 5.82 Å². The standard InChI is InChI=1S/C17H22F3N5S.HI/c1-12-6-9-26-14(12)11-25-16(21-2)23-8-3-7-22-15-5-4-13(10-24-15)17(18,19)20;/h4-6,9-10H,3,7-8,11H2,1-2H3,(H,22,24)(H2,21,23,25);1H. The molecule has 0 aliphatic rings. The summed E-state index contributed by atoms with van der Waals surface area (Å²) in [5.74, 6) is 1.14. The number of hydrogen-bond donors (Lipinski definition) is 3. The molecule has 2 aromatic rings. The lowest BCUT2D eigenvalue weighted by molar-refractivity contribution is -0.137. The van der Waals surface area contributed by atoms with E-state index in [1.807, 2.05) is 0 Å². The Morgan fingerprint density at radius 3 is 2.52 bits per heavy atom. The van der Waals surface area contributed by atoms with Crippen LogP contribution in [-0.4, -0.2) is 31.1 Å². The summed E-state index contributed by atoms with van der Waals surface area (Å²) in [7, 11) is 1.71. The highest BCUT2D eigenvalue weighted by molar-refractivity contribution is 14.0. The molecule has 2 heterocycles. The van der Waals surface area contributed by atoms with E-state index in [0.717, 1.165) is 25.2 Å². The van der Waals surface area contributed by atoms with Crippen LogP contribution in [0.1, 0.15) is 22.4 Å². The van der Waals surface area contributed by atoms with Crippen molar-refractivity contribution in [1.29, 1.82) is 0 Å². The monoisotopic (exact) mass is 513 g/mol. The van der Waals surface area contributed by atoms with Gasteiger partial charge in [-0.1, -0.05) is 0 Å². The molecule has 3 N–H and O–H groups in total. The number of pyridine rings is 1. The van der Waals surface area contributed by atoms with E-state index >= 15 is 0 Å². The van der Waals surface area contributed by atoms with Crippen LogP contribution in [0.2, 0.25) is 0 Å². The van der Waals surface area contributed by atoms with Crippen molar-refractivity contribution in [2.24, 2.45) is 4.99 Å². The normalized spacial score (nSPS) is 11.7. The summed E-state index contributed by atoms with van der Waals surface area (Å²) in [6, 6.07) is 4.44. The van der Waals surface area contributed by atoms with Gasteiger partial charge in [0, 0.05) is 31.2 Å². The molecule has 0 aliphatic carbocycles. The Morgan fingerprint density at radius 2 is 1.96 bits per heavy atom. The summed E-state index contributed by atoms with van der Waals surface area (Å²) in [5.41, 5.74) is 0.506. The Morgan fingerprint density at radius 1 is 1.19 bits per heavy atom. The van der Waals surface area contributed by atoms with Gasteiger partial charge in [0.15, 0.2) is 5.96 Å². The average molecular weight is 513 g/mol. The molecule has 0 aromatic carbocycles. The number of guanidine groups is 1. The van der Waals surface area contributed by atoms with Crippen LogP contribution in [0, 0.1) is 6.92 Å². The lowest BCUT2D eigenvalue weighted by Crippen LogP contribution is -2.37. The van der Waals surface area contributed by atoms with E-state index in [-0.39, 0.29) is 24.0 Å². The Hall–Kier alpha value is -1.56. The molecular formula is C17H23F3IN5S. The van der Waals surface area contributed by atoms with Crippen LogP contribution < -0.4 is 16.0 Å². The number of nitrogens with one attached hydrogen (secondary N) is 3. The molecule has 0 saturated heterocycles. The van der Waals surface area contributed by atoms with Crippen LogP contribution in [-0.2, 0) is 12.7 Å². The predicted octanol–water partition coefficient (Wildman–Crippen LogP) is 4.26. The maximum Gasteiger partial charge on any atom is 0.417 e. The predicted molar refractivity (Wildman–Crippen MR) is 115 cm³/mol. The highest BCUT2D eigenvalue weighted by Gasteiger charge is 2.30. The molecule has 0 spiro atoms. The van der Waals surface area contributed by atoms with Crippen molar-refractivity contribution in [3.8, 4) is 0 Å². The third kappa shape index (κ3) is 7.91. The van der Waals surface area contributed by atoms with Crippen molar-refractivity contribution in [3.05, 3.63) is 45.8 Å². The first-order valence-corrected chi connectivity index (χ1v) is 9.02. The molecule has 150 valence electrons. The quantitative estimate of drug-likeness (QED) is 0.224. The van der Waals surface area contributed by atoms with E-state index in [2.05, 4.69) is 44.3 Å². The lowest BCUT2D eigenvalue weighted by atomic mass is 10.3. The molecule has 5 nitrogen and oxygen atoms in total. The molecule has 0 saturated carbocycles. The zero-order valence-electron chi connectivity index (χ0n) is 15.1. The van der Waals surface area contributed by atoms with Crippen LogP contribution in [0.3, 0.4) is 0 Å².